The molecular weight excluding hydrogens is 1730 g/mol. The fourth-order valence-corrected chi connectivity index (χ4v) is 36.7. The van der Waals surface area contributed by atoms with Crippen molar-refractivity contribution in [2.45, 2.75) is 364 Å². The van der Waals surface area contributed by atoms with Gasteiger partial charge in [-0.2, -0.15) is 9.90 Å². The van der Waals surface area contributed by atoms with E-state index in [9.17, 15) is 48.4 Å². The number of hydrogen-bond donors (Lipinski definition) is 8. The van der Waals surface area contributed by atoms with Crippen molar-refractivity contribution in [3.63, 3.8) is 0 Å². The first-order valence-electron chi connectivity index (χ1n) is 53.4. The lowest BCUT2D eigenvalue weighted by molar-refractivity contribution is -0.151. The highest BCUT2D eigenvalue weighted by molar-refractivity contribution is 8.03. The van der Waals surface area contributed by atoms with Gasteiger partial charge in [-0.05, 0) is 452 Å². The third kappa shape index (κ3) is 17.8. The molecule has 0 spiro atoms. The van der Waals surface area contributed by atoms with Crippen LogP contribution in [0.25, 0.3) is 22.1 Å². The molecule has 23 heteroatoms. The molecule has 0 unspecified atom stereocenters. The standard InChI is InChI=1S/C29H40FN3O2.C29H43FN2O2.C29H41N3O3.C26H42N2O2S.H3N/c1-17-5-10-23-26(25(17)30)32-33(31-23)16-24(34)22-9-8-20-19-7-6-18-15-27(2,35)13-14-28(18,3)21(19)11-12-29(20,22)4;1-17-5-10-23(31)26(25(17)30)32-16-24(33)22-9-8-20-19-7-6-18-15-27(2,34)13-14-28(18,3)21(19)11-12-29(20,22)4;1-27(34)14-15-28(2)18(16-27)8-9-19-20-10-11-22(29(20,3)13-12-21(19)28)24(33)17-32-23-6-5-7-25(35-4)26(23)30-31-32;1-24(30)11-12-25(2)17(13-24)5-6-19-20-7-8-22(26(20,3)10-9-21(19)25)23(29)16-28-15-18(14-27)31-4;/h5,10,18-22,35H,6-9,11-16H2,1-4H3;5,10,18-22,32,34H,6-9,11-16,31H2,1-4H3;5-7,18-22,34H,8-17H2,1-4H3;14-15,17,19-22,30H,5-13,16,27H2,1-4H3;1H3/t3*18-,19-,20-,21-,22+,27+,28-,29-;17-,19-,20-,21-,22+,24+,25-,26-;/m0000./s1. The van der Waals surface area contributed by atoms with Gasteiger partial charge in [-0.15, -0.1) is 22.0 Å². The topological polar surface area (TPSA) is 331 Å². The van der Waals surface area contributed by atoms with Crippen LogP contribution in [0.2, 0.25) is 0 Å². The van der Waals surface area contributed by atoms with Crippen LogP contribution in [0.1, 0.15) is 325 Å². The van der Waals surface area contributed by atoms with Crippen molar-refractivity contribution in [1.29, 1.82) is 0 Å². The molecule has 0 bridgehead atoms. The molecule has 750 valence electrons. The molecule has 5 aromatic rings. The molecule has 16 fully saturated rings. The number of aromatic nitrogens is 6. The number of ketones is 4. The summed E-state index contributed by atoms with van der Waals surface area (Å²) in [6.07, 6.45) is 45.4. The van der Waals surface area contributed by atoms with Crippen molar-refractivity contribution in [1.82, 2.24) is 36.1 Å². The number of ether oxygens (including phenoxy) is 1. The van der Waals surface area contributed by atoms with Gasteiger partial charge in [-0.1, -0.05) is 78.8 Å². The van der Waals surface area contributed by atoms with Crippen molar-refractivity contribution in [2.24, 2.45) is 172 Å². The maximum Gasteiger partial charge on any atom is 0.159 e. The first-order valence-corrected chi connectivity index (χ1v) is 54.6. The molecule has 3 aromatic carbocycles. The van der Waals surface area contributed by atoms with E-state index in [-0.39, 0.29) is 106 Å². The van der Waals surface area contributed by atoms with Crippen LogP contribution in [-0.2, 0) is 32.3 Å². The lowest BCUT2D eigenvalue weighted by Gasteiger charge is -2.61. The third-order valence-corrected chi connectivity index (χ3v) is 44.8. The number of aryl methyl sites for hydroxylation is 2. The smallest absolute Gasteiger partial charge is 0.159 e. The summed E-state index contributed by atoms with van der Waals surface area (Å²) in [7, 11) is 1.64. The van der Waals surface area contributed by atoms with Crippen molar-refractivity contribution < 1.29 is 53.1 Å². The van der Waals surface area contributed by atoms with Gasteiger partial charge in [0.1, 0.15) is 29.9 Å². The van der Waals surface area contributed by atoms with Gasteiger partial charge in [0.05, 0.1) is 59.5 Å². The Hall–Kier alpha value is -6.24. The Morgan fingerprint density at radius 1 is 0.471 bits per heavy atom. The zero-order chi connectivity index (χ0) is 96.2. The lowest BCUT2D eigenvalue weighted by atomic mass is 9.44. The van der Waals surface area contributed by atoms with Gasteiger partial charge in [-0.3, -0.25) is 24.2 Å². The summed E-state index contributed by atoms with van der Waals surface area (Å²) in [6, 6.07) is 12.6. The normalized spacial score (nSPS) is 43.8. The van der Waals surface area contributed by atoms with Gasteiger partial charge in [0.15, 0.2) is 40.3 Å². The van der Waals surface area contributed by atoms with Crippen LogP contribution in [0.4, 0.5) is 20.2 Å². The van der Waals surface area contributed by atoms with Crippen LogP contribution < -0.4 is 27.7 Å². The Bertz CT molecular complexity index is 5340. The largest absolute Gasteiger partial charge is 0.494 e. The number of aliphatic hydroxyl groups is 4. The Balaban J connectivity index is 0.000000126. The number of carbonyl (C=O) groups excluding carboxylic acids is 4. The van der Waals surface area contributed by atoms with Crippen LogP contribution >= 0.6 is 11.8 Å². The first kappa shape index (κ1) is 101. The van der Waals surface area contributed by atoms with E-state index in [0.29, 0.717) is 139 Å². The quantitative estimate of drug-likeness (QED) is 0.0336. The van der Waals surface area contributed by atoms with Crippen LogP contribution in [0.15, 0.2) is 58.6 Å². The minimum atomic E-state index is -0.502. The van der Waals surface area contributed by atoms with Gasteiger partial charge in [0.25, 0.3) is 0 Å². The highest BCUT2D eigenvalue weighted by Gasteiger charge is 2.68. The summed E-state index contributed by atoms with van der Waals surface area (Å²) in [5.41, 5.74) is 15.4. The number of nitrogen functional groups attached to an aromatic ring is 1. The molecular formula is C113H169F2N11O9S. The number of anilines is 2. The number of hydrogen-bond acceptors (Lipinski definition) is 19. The Morgan fingerprint density at radius 2 is 0.853 bits per heavy atom. The van der Waals surface area contributed by atoms with E-state index >= 15 is 0 Å². The highest BCUT2D eigenvalue weighted by atomic mass is 32.2. The molecule has 0 radical (unpaired) electrons. The number of nitrogens with zero attached hydrogens (tertiary/aromatic N) is 7. The Labute approximate surface area is 814 Å². The molecule has 20 nitrogen and oxygen atoms in total. The maximum atomic E-state index is 14.6. The summed E-state index contributed by atoms with van der Waals surface area (Å²) >= 11 is 1.55. The number of fused-ring (bicyclic) bond motifs is 22. The Morgan fingerprint density at radius 3 is 1.26 bits per heavy atom. The summed E-state index contributed by atoms with van der Waals surface area (Å²) < 4.78 is 36.2. The van der Waals surface area contributed by atoms with Crippen molar-refractivity contribution in [3.8, 4) is 5.75 Å². The number of carbonyl (C=O) groups is 4. The van der Waals surface area contributed by atoms with Gasteiger partial charge >= 0.3 is 0 Å². The predicted octanol–water partition coefficient (Wildman–Crippen LogP) is 22.7. The van der Waals surface area contributed by atoms with E-state index < -0.39 is 22.4 Å². The van der Waals surface area contributed by atoms with Gasteiger partial charge < -0.3 is 48.1 Å². The molecule has 2 heterocycles. The predicted molar refractivity (Wildman–Crippen MR) is 538 cm³/mol. The molecule has 0 saturated heterocycles. The number of nitrogens with one attached hydrogen (secondary N) is 1. The SMILES string of the molecule is COc1cccc2c1nnn2CC(=O)[C@H]1CC[C@H]2[C@@H]3CC[C@H]4C[C@](C)(O)CC[C@]4(C)[C@H]3CC[C@]12C.CSC(C=NCC(=O)[C@H]1CC[C@H]2[C@@H]3CC[C@H]4C[C@](C)(O)CC[C@]4(C)[C@H]3CC[C@]12C)=CN.Cc1ccc(N)c(NCC(=O)[C@H]2CC[C@H]3[C@@H]4CC[C@H]5C[C@](C)(O)CC[C@]5(C)[C@H]4CC[C@]23C)c1F.Cc1ccc2nn(CC(=O)[C@H]3CC[C@H]4[C@@H]5CC[C@H]6C[C@](C)(O)CC[C@]6(C)[C@H]5CC[C@]34C)nc2c1F.N. The molecule has 16 aliphatic rings. The minimum absolute atomic E-state index is 0. The van der Waals surface area contributed by atoms with E-state index in [1.54, 1.807) is 74.1 Å². The fraction of sp³-hybridized carbons (Fsp3) is 0.779. The lowest BCUT2D eigenvalue weighted by Crippen LogP contribution is -2.55. The van der Waals surface area contributed by atoms with Crippen molar-refractivity contribution in [2.75, 3.05) is 37.5 Å². The van der Waals surface area contributed by atoms with Crippen LogP contribution in [-0.4, -0.2) is 129 Å². The average Bonchev–Trinajstić information content (AvgIpc) is 1.46. The highest BCUT2D eigenvalue weighted by Crippen LogP contribution is 2.74. The zero-order valence-electron chi connectivity index (χ0n) is 85.5. The summed E-state index contributed by atoms with van der Waals surface area (Å²) in [6.45, 7) is 32.1. The maximum absolute atomic E-state index is 14.6. The molecule has 2 aromatic heterocycles. The number of methoxy groups -OCH3 is 1. The summed E-state index contributed by atoms with van der Waals surface area (Å²) in [5.74, 6) is 12.3. The number of Topliss-reactive ketones (excluding diaryl/α,β-unsaturated/α-hetero) is 4. The number of nitrogens with two attached hydrogens (primary N) is 2. The number of allylic oxidation sites excluding steroid dienone is 1. The van der Waals surface area contributed by atoms with E-state index in [1.807, 2.05) is 52.1 Å². The third-order valence-electron chi connectivity index (χ3n) is 44.1. The zero-order valence-corrected chi connectivity index (χ0v) is 86.3. The van der Waals surface area contributed by atoms with Crippen molar-refractivity contribution in [3.05, 3.63) is 76.3 Å². The van der Waals surface area contributed by atoms with E-state index in [2.05, 4.69) is 86.2 Å². The van der Waals surface area contributed by atoms with E-state index in [1.165, 1.54) is 108 Å². The monoisotopic (exact) mass is 1890 g/mol. The van der Waals surface area contributed by atoms with Gasteiger partial charge in [0, 0.05) is 41.0 Å². The molecule has 0 amide bonds. The van der Waals surface area contributed by atoms with E-state index in [0.717, 1.165) is 168 Å². The Kier molecular flexibility index (Phi) is 27.9. The first-order chi connectivity index (χ1) is 63.8. The summed E-state index contributed by atoms with van der Waals surface area (Å²) in [5, 5.41) is 63.3. The molecule has 12 N–H and O–H groups in total. The number of thioether (sulfide) groups is 1. The summed E-state index contributed by atoms with van der Waals surface area (Å²) in [4.78, 5) is 60.7. The molecule has 32 atom stereocenters. The van der Waals surface area contributed by atoms with Crippen LogP contribution in [0.5, 0.6) is 5.75 Å². The number of halogens is 2. The molecule has 0 aliphatic heterocycles. The average molecular weight is 1900 g/mol. The van der Waals surface area contributed by atoms with E-state index in [4.69, 9.17) is 16.2 Å². The number of rotatable bonds is 16. The van der Waals surface area contributed by atoms with Crippen LogP contribution in [0.3, 0.4) is 0 Å². The second-order valence-electron chi connectivity index (χ2n) is 51.1. The molecule has 21 rings (SSSR count). The number of benzene rings is 3. The number of aliphatic imine (C=N–C) groups is 1. The van der Waals surface area contributed by atoms with Gasteiger partial charge in [0.2, 0.25) is 0 Å². The second-order valence-corrected chi connectivity index (χ2v) is 52.0. The molecule has 16 aliphatic carbocycles. The van der Waals surface area contributed by atoms with Gasteiger partial charge in [-0.25, -0.2) is 13.5 Å². The molecule has 136 heavy (non-hydrogen) atoms. The second kappa shape index (κ2) is 37.5. The van der Waals surface area contributed by atoms with Crippen LogP contribution in [0, 0.1) is 187 Å². The fourth-order valence-electron chi connectivity index (χ4n) is 36.4. The molecule has 16 saturated carbocycles. The minimum Gasteiger partial charge on any atom is -0.494 e. The van der Waals surface area contributed by atoms with Crippen molar-refractivity contribution >= 4 is 74.6 Å².